The van der Waals surface area contributed by atoms with E-state index in [1.807, 2.05) is 18.2 Å². The molecule has 0 atom stereocenters. The molecule has 6 heteroatoms. The number of methoxy groups -OCH3 is 1. The van der Waals surface area contributed by atoms with Gasteiger partial charge in [0.25, 0.3) is 0 Å². The maximum Gasteiger partial charge on any atom is 0.358 e. The highest BCUT2D eigenvalue weighted by atomic mass is 16.5. The molecule has 1 heterocycles. The molecule has 0 unspecified atom stereocenters. The first-order valence-corrected chi connectivity index (χ1v) is 5.73. The minimum Gasteiger partial charge on any atom is -0.476 e. The lowest BCUT2D eigenvalue weighted by atomic mass is 10.3. The van der Waals surface area contributed by atoms with Crippen LogP contribution in [0.5, 0.6) is 11.5 Å². The number of nitrogens with zero attached hydrogens (tertiary/aromatic N) is 2. The summed E-state index contributed by atoms with van der Waals surface area (Å²) in [5, 5.41) is 13.2. The number of rotatable bonds is 6. The van der Waals surface area contributed by atoms with E-state index in [2.05, 4.69) is 5.10 Å². The third-order valence-corrected chi connectivity index (χ3v) is 2.49. The molecule has 0 aliphatic carbocycles. The SMILES string of the molecule is COCCn1ncc(Oc2ccccc2)c1C(=O)O. The summed E-state index contributed by atoms with van der Waals surface area (Å²) in [6.07, 6.45) is 1.39. The normalized spacial score (nSPS) is 10.4. The van der Waals surface area contributed by atoms with E-state index >= 15 is 0 Å². The van der Waals surface area contributed by atoms with E-state index in [-0.39, 0.29) is 11.4 Å². The van der Waals surface area contributed by atoms with Crippen molar-refractivity contribution in [3.63, 3.8) is 0 Å². The van der Waals surface area contributed by atoms with Crippen molar-refractivity contribution >= 4 is 5.97 Å². The molecule has 0 fully saturated rings. The van der Waals surface area contributed by atoms with E-state index in [0.29, 0.717) is 18.9 Å². The zero-order valence-corrected chi connectivity index (χ0v) is 10.4. The van der Waals surface area contributed by atoms with Crippen LogP contribution in [0.3, 0.4) is 0 Å². The average Bonchev–Trinajstić information content (AvgIpc) is 2.80. The molecule has 2 aromatic rings. The first-order chi connectivity index (χ1) is 9.22. The smallest absolute Gasteiger partial charge is 0.358 e. The number of carboxylic acid groups (broad SMARTS) is 1. The molecule has 6 nitrogen and oxygen atoms in total. The van der Waals surface area contributed by atoms with Gasteiger partial charge in [0.15, 0.2) is 11.4 Å². The van der Waals surface area contributed by atoms with Gasteiger partial charge in [-0.25, -0.2) is 4.79 Å². The summed E-state index contributed by atoms with van der Waals surface area (Å²) in [7, 11) is 1.55. The van der Waals surface area contributed by atoms with Crippen molar-refractivity contribution in [2.75, 3.05) is 13.7 Å². The van der Waals surface area contributed by atoms with E-state index in [0.717, 1.165) is 0 Å². The van der Waals surface area contributed by atoms with Crippen LogP contribution >= 0.6 is 0 Å². The number of aromatic nitrogens is 2. The molecule has 0 bridgehead atoms. The number of para-hydroxylation sites is 1. The van der Waals surface area contributed by atoms with Gasteiger partial charge >= 0.3 is 5.97 Å². The maximum absolute atomic E-state index is 11.3. The second-order valence-electron chi connectivity index (χ2n) is 3.79. The van der Waals surface area contributed by atoms with Crippen LogP contribution in [0.15, 0.2) is 36.5 Å². The standard InChI is InChI=1S/C13H14N2O4/c1-18-8-7-15-12(13(16)17)11(9-14-15)19-10-5-3-2-4-6-10/h2-6,9H,7-8H2,1H3,(H,16,17). The third-order valence-electron chi connectivity index (χ3n) is 2.49. The van der Waals surface area contributed by atoms with E-state index in [1.54, 1.807) is 19.2 Å². The Kier molecular flexibility index (Phi) is 4.15. The van der Waals surface area contributed by atoms with Crippen LogP contribution in [-0.2, 0) is 11.3 Å². The minimum atomic E-state index is -1.08. The van der Waals surface area contributed by atoms with Crippen LogP contribution in [0.1, 0.15) is 10.5 Å². The summed E-state index contributed by atoms with van der Waals surface area (Å²) < 4.78 is 11.8. The van der Waals surface area contributed by atoms with E-state index in [9.17, 15) is 9.90 Å². The summed E-state index contributed by atoms with van der Waals surface area (Å²) in [6.45, 7) is 0.739. The minimum absolute atomic E-state index is 0.0147. The van der Waals surface area contributed by atoms with E-state index in [4.69, 9.17) is 9.47 Å². The summed E-state index contributed by atoms with van der Waals surface area (Å²) >= 11 is 0. The number of carbonyl (C=O) groups is 1. The van der Waals surface area contributed by atoms with Gasteiger partial charge in [-0.3, -0.25) is 4.68 Å². The van der Waals surface area contributed by atoms with Gasteiger partial charge in [-0.15, -0.1) is 0 Å². The van der Waals surface area contributed by atoms with Crippen molar-refractivity contribution in [2.24, 2.45) is 0 Å². The van der Waals surface area contributed by atoms with Gasteiger partial charge in [-0.1, -0.05) is 18.2 Å². The number of hydrogen-bond acceptors (Lipinski definition) is 4. The lowest BCUT2D eigenvalue weighted by molar-refractivity contribution is 0.0677. The van der Waals surface area contributed by atoms with Gasteiger partial charge < -0.3 is 14.6 Å². The summed E-state index contributed by atoms with van der Waals surface area (Å²) in [4.78, 5) is 11.3. The summed E-state index contributed by atoms with van der Waals surface area (Å²) in [5.74, 6) is -0.300. The molecule has 19 heavy (non-hydrogen) atoms. The zero-order chi connectivity index (χ0) is 13.7. The predicted octanol–water partition coefficient (Wildman–Crippen LogP) is 2.02. The second kappa shape index (κ2) is 6.01. The molecule has 0 radical (unpaired) electrons. The van der Waals surface area contributed by atoms with Gasteiger partial charge in [0.2, 0.25) is 0 Å². The molecular weight excluding hydrogens is 248 g/mol. The van der Waals surface area contributed by atoms with Crippen molar-refractivity contribution in [2.45, 2.75) is 6.54 Å². The van der Waals surface area contributed by atoms with Crippen LogP contribution in [0.2, 0.25) is 0 Å². The molecule has 1 aromatic heterocycles. The fraction of sp³-hybridized carbons (Fsp3) is 0.231. The van der Waals surface area contributed by atoms with Crippen molar-refractivity contribution in [3.05, 3.63) is 42.2 Å². The summed E-state index contributed by atoms with van der Waals surface area (Å²) in [6, 6.07) is 8.97. The lowest BCUT2D eigenvalue weighted by Gasteiger charge is -2.06. The number of hydrogen-bond donors (Lipinski definition) is 1. The predicted molar refractivity (Wildman–Crippen MR) is 67.6 cm³/mol. The first-order valence-electron chi connectivity index (χ1n) is 5.73. The second-order valence-corrected chi connectivity index (χ2v) is 3.79. The molecule has 0 aliphatic rings. The van der Waals surface area contributed by atoms with Crippen LogP contribution in [0.25, 0.3) is 0 Å². The third kappa shape index (κ3) is 3.11. The molecule has 2 rings (SSSR count). The van der Waals surface area contributed by atoms with Gasteiger partial charge in [-0.2, -0.15) is 5.10 Å². The fourth-order valence-corrected chi connectivity index (χ4v) is 1.62. The van der Waals surface area contributed by atoms with Crippen molar-refractivity contribution in [3.8, 4) is 11.5 Å². The number of aromatic carboxylic acids is 1. The topological polar surface area (TPSA) is 73.6 Å². The first kappa shape index (κ1) is 13.1. The Labute approximate surface area is 110 Å². The average molecular weight is 262 g/mol. The van der Waals surface area contributed by atoms with E-state index in [1.165, 1.54) is 10.9 Å². The molecule has 0 saturated heterocycles. The quantitative estimate of drug-likeness (QED) is 0.862. The Bertz CT molecular complexity index is 551. The molecule has 0 amide bonds. The lowest BCUT2D eigenvalue weighted by Crippen LogP contribution is -2.13. The zero-order valence-electron chi connectivity index (χ0n) is 10.4. The highest BCUT2D eigenvalue weighted by molar-refractivity contribution is 5.88. The molecule has 0 aliphatic heterocycles. The van der Waals surface area contributed by atoms with Gasteiger partial charge in [-0.05, 0) is 12.1 Å². The summed E-state index contributed by atoms with van der Waals surface area (Å²) in [5.41, 5.74) is 0.0147. The van der Waals surface area contributed by atoms with Crippen LogP contribution in [0.4, 0.5) is 0 Å². The highest BCUT2D eigenvalue weighted by Crippen LogP contribution is 2.24. The van der Waals surface area contributed by atoms with Crippen LogP contribution in [-0.4, -0.2) is 34.6 Å². The Morgan fingerprint density at radius 2 is 2.11 bits per heavy atom. The van der Waals surface area contributed by atoms with Crippen molar-refractivity contribution in [1.29, 1.82) is 0 Å². The largest absolute Gasteiger partial charge is 0.476 e. The Morgan fingerprint density at radius 3 is 2.74 bits per heavy atom. The van der Waals surface area contributed by atoms with Gasteiger partial charge in [0.05, 0.1) is 19.3 Å². The Morgan fingerprint density at radius 1 is 1.37 bits per heavy atom. The van der Waals surface area contributed by atoms with Crippen LogP contribution < -0.4 is 4.74 Å². The Balaban J connectivity index is 2.25. The molecule has 0 saturated carbocycles. The number of carboxylic acids is 1. The fourth-order valence-electron chi connectivity index (χ4n) is 1.62. The van der Waals surface area contributed by atoms with Crippen molar-refractivity contribution < 1.29 is 19.4 Å². The van der Waals surface area contributed by atoms with Gasteiger partial charge in [0, 0.05) is 7.11 Å². The van der Waals surface area contributed by atoms with Gasteiger partial charge in [0.1, 0.15) is 5.75 Å². The molecule has 0 spiro atoms. The van der Waals surface area contributed by atoms with E-state index < -0.39 is 5.97 Å². The monoisotopic (exact) mass is 262 g/mol. The number of benzene rings is 1. The molecule has 1 aromatic carbocycles. The highest BCUT2D eigenvalue weighted by Gasteiger charge is 2.19. The molecule has 100 valence electrons. The molecular formula is C13H14N2O4. The van der Waals surface area contributed by atoms with Crippen LogP contribution in [0, 0.1) is 0 Å². The molecule has 1 N–H and O–H groups in total. The van der Waals surface area contributed by atoms with Crippen molar-refractivity contribution in [1.82, 2.24) is 9.78 Å². The number of ether oxygens (including phenoxy) is 2. The Hall–Kier alpha value is -2.34. The maximum atomic E-state index is 11.3.